The van der Waals surface area contributed by atoms with E-state index < -0.39 is 0 Å². The summed E-state index contributed by atoms with van der Waals surface area (Å²) in [4.78, 5) is 11.6. The molecule has 0 bridgehead atoms. The number of anilines is 1. The van der Waals surface area contributed by atoms with E-state index in [2.05, 4.69) is 5.32 Å². The standard InChI is InChI=1S/C12H16ClNO2/c1-4-8(2)12(15)14-9-5-6-11(16-3)10(13)7-9/h5-8H,4H2,1-3H3,(H,14,15). The van der Waals surface area contributed by atoms with Crippen molar-refractivity contribution in [2.24, 2.45) is 5.92 Å². The van der Waals surface area contributed by atoms with Gasteiger partial charge in [0.2, 0.25) is 5.91 Å². The second-order valence-corrected chi connectivity index (χ2v) is 4.06. The van der Waals surface area contributed by atoms with Crippen LogP contribution < -0.4 is 10.1 Å². The average molecular weight is 242 g/mol. The molecule has 1 aromatic carbocycles. The van der Waals surface area contributed by atoms with Crippen LogP contribution in [-0.2, 0) is 4.79 Å². The minimum absolute atomic E-state index is 0.000812. The maximum absolute atomic E-state index is 11.6. The molecule has 3 nitrogen and oxygen atoms in total. The number of hydrogen-bond acceptors (Lipinski definition) is 2. The Hall–Kier alpha value is -1.22. The maximum Gasteiger partial charge on any atom is 0.227 e. The Morgan fingerprint density at radius 1 is 1.56 bits per heavy atom. The monoisotopic (exact) mass is 241 g/mol. The summed E-state index contributed by atoms with van der Waals surface area (Å²) in [7, 11) is 1.55. The van der Waals surface area contributed by atoms with E-state index in [1.54, 1.807) is 25.3 Å². The largest absolute Gasteiger partial charge is 0.495 e. The smallest absolute Gasteiger partial charge is 0.227 e. The van der Waals surface area contributed by atoms with Crippen LogP contribution in [0.3, 0.4) is 0 Å². The van der Waals surface area contributed by atoms with Gasteiger partial charge < -0.3 is 10.1 Å². The van der Waals surface area contributed by atoms with E-state index in [9.17, 15) is 4.79 Å². The summed E-state index contributed by atoms with van der Waals surface area (Å²) in [6.07, 6.45) is 0.815. The third-order valence-electron chi connectivity index (χ3n) is 2.48. The Kier molecular flexibility index (Phi) is 4.62. The van der Waals surface area contributed by atoms with Gasteiger partial charge in [0.15, 0.2) is 0 Å². The predicted molar refractivity (Wildman–Crippen MR) is 66.1 cm³/mol. The SMILES string of the molecule is CCC(C)C(=O)Nc1ccc(OC)c(Cl)c1. The fourth-order valence-corrected chi connectivity index (χ4v) is 1.45. The summed E-state index contributed by atoms with van der Waals surface area (Å²) >= 11 is 5.95. The van der Waals surface area contributed by atoms with Gasteiger partial charge in [0.1, 0.15) is 5.75 Å². The lowest BCUT2D eigenvalue weighted by atomic mass is 10.1. The van der Waals surface area contributed by atoms with Gasteiger partial charge in [-0.05, 0) is 24.6 Å². The summed E-state index contributed by atoms with van der Waals surface area (Å²) in [5.41, 5.74) is 0.691. The molecule has 0 heterocycles. The van der Waals surface area contributed by atoms with Crippen LogP contribution in [0.1, 0.15) is 20.3 Å². The Labute approximate surface area is 101 Å². The van der Waals surface area contributed by atoms with Gasteiger partial charge in [-0.2, -0.15) is 0 Å². The molecule has 0 saturated carbocycles. The van der Waals surface area contributed by atoms with E-state index in [-0.39, 0.29) is 11.8 Å². The number of benzene rings is 1. The van der Waals surface area contributed by atoms with E-state index in [0.29, 0.717) is 16.5 Å². The lowest BCUT2D eigenvalue weighted by Crippen LogP contribution is -2.19. The quantitative estimate of drug-likeness (QED) is 0.878. The number of halogens is 1. The molecule has 0 saturated heterocycles. The zero-order valence-corrected chi connectivity index (χ0v) is 10.5. The van der Waals surface area contributed by atoms with Crippen LogP contribution >= 0.6 is 11.6 Å². The van der Waals surface area contributed by atoms with Gasteiger partial charge in [-0.15, -0.1) is 0 Å². The van der Waals surface area contributed by atoms with Gasteiger partial charge in [-0.25, -0.2) is 0 Å². The van der Waals surface area contributed by atoms with Crippen molar-refractivity contribution in [2.75, 3.05) is 12.4 Å². The van der Waals surface area contributed by atoms with Crippen molar-refractivity contribution in [3.63, 3.8) is 0 Å². The second kappa shape index (κ2) is 5.75. The highest BCUT2D eigenvalue weighted by atomic mass is 35.5. The molecule has 0 aliphatic carbocycles. The minimum Gasteiger partial charge on any atom is -0.495 e. The normalized spacial score (nSPS) is 12.0. The Bertz CT molecular complexity index is 379. The first-order valence-electron chi connectivity index (χ1n) is 5.22. The lowest BCUT2D eigenvalue weighted by molar-refractivity contribution is -0.119. The Morgan fingerprint density at radius 3 is 2.75 bits per heavy atom. The number of rotatable bonds is 4. The van der Waals surface area contributed by atoms with Crippen LogP contribution in [0.15, 0.2) is 18.2 Å². The molecule has 0 radical (unpaired) electrons. The predicted octanol–water partition coefficient (Wildman–Crippen LogP) is 3.33. The first-order chi connectivity index (χ1) is 7.58. The topological polar surface area (TPSA) is 38.3 Å². The number of amides is 1. The van der Waals surface area contributed by atoms with Crippen molar-refractivity contribution in [1.29, 1.82) is 0 Å². The number of ether oxygens (including phenoxy) is 1. The molecule has 1 rings (SSSR count). The molecule has 1 N–H and O–H groups in total. The molecular formula is C12H16ClNO2. The molecule has 0 aliphatic rings. The van der Waals surface area contributed by atoms with E-state index in [0.717, 1.165) is 6.42 Å². The van der Waals surface area contributed by atoms with Crippen LogP contribution in [0.4, 0.5) is 5.69 Å². The van der Waals surface area contributed by atoms with E-state index in [1.165, 1.54) is 0 Å². The summed E-state index contributed by atoms with van der Waals surface area (Å²) in [5, 5.41) is 3.30. The van der Waals surface area contributed by atoms with Crippen molar-refractivity contribution in [2.45, 2.75) is 20.3 Å². The van der Waals surface area contributed by atoms with Crippen LogP contribution in [0, 0.1) is 5.92 Å². The minimum atomic E-state index is 0.000812. The molecular weight excluding hydrogens is 226 g/mol. The molecule has 1 atom stereocenters. The summed E-state index contributed by atoms with van der Waals surface area (Å²) in [5.74, 6) is 0.604. The highest BCUT2D eigenvalue weighted by molar-refractivity contribution is 6.32. The van der Waals surface area contributed by atoms with E-state index >= 15 is 0 Å². The molecule has 1 unspecified atom stereocenters. The summed E-state index contributed by atoms with van der Waals surface area (Å²) in [6.45, 7) is 3.87. The van der Waals surface area contributed by atoms with Crippen LogP contribution in [-0.4, -0.2) is 13.0 Å². The lowest BCUT2D eigenvalue weighted by Gasteiger charge is -2.11. The van der Waals surface area contributed by atoms with E-state index in [4.69, 9.17) is 16.3 Å². The van der Waals surface area contributed by atoms with Gasteiger partial charge in [0.25, 0.3) is 0 Å². The number of carbonyl (C=O) groups excluding carboxylic acids is 1. The number of nitrogens with one attached hydrogen (secondary N) is 1. The molecule has 1 aromatic rings. The fourth-order valence-electron chi connectivity index (χ4n) is 1.19. The van der Waals surface area contributed by atoms with Gasteiger partial charge in [0.05, 0.1) is 12.1 Å². The second-order valence-electron chi connectivity index (χ2n) is 3.65. The number of methoxy groups -OCH3 is 1. The van der Waals surface area contributed by atoms with Crippen LogP contribution in [0.25, 0.3) is 0 Å². The van der Waals surface area contributed by atoms with Gasteiger partial charge in [0, 0.05) is 11.6 Å². The molecule has 16 heavy (non-hydrogen) atoms. The number of carbonyl (C=O) groups is 1. The third-order valence-corrected chi connectivity index (χ3v) is 2.77. The molecule has 1 amide bonds. The first kappa shape index (κ1) is 12.8. The average Bonchev–Trinajstić information content (AvgIpc) is 2.28. The van der Waals surface area contributed by atoms with Gasteiger partial charge in [-0.3, -0.25) is 4.79 Å². The van der Waals surface area contributed by atoms with Crippen LogP contribution in [0.2, 0.25) is 5.02 Å². The fraction of sp³-hybridized carbons (Fsp3) is 0.417. The van der Waals surface area contributed by atoms with Gasteiger partial charge in [-0.1, -0.05) is 25.4 Å². The maximum atomic E-state index is 11.6. The summed E-state index contributed by atoms with van der Waals surface area (Å²) in [6, 6.07) is 5.18. The van der Waals surface area contributed by atoms with Crippen molar-refractivity contribution in [3.05, 3.63) is 23.2 Å². The molecule has 0 aromatic heterocycles. The molecule has 0 aliphatic heterocycles. The summed E-state index contributed by atoms with van der Waals surface area (Å²) < 4.78 is 5.03. The van der Waals surface area contributed by atoms with Gasteiger partial charge >= 0.3 is 0 Å². The zero-order valence-electron chi connectivity index (χ0n) is 9.71. The zero-order chi connectivity index (χ0) is 12.1. The molecule has 0 fully saturated rings. The molecule has 4 heteroatoms. The van der Waals surface area contributed by atoms with Crippen LogP contribution in [0.5, 0.6) is 5.75 Å². The van der Waals surface area contributed by atoms with Crippen molar-refractivity contribution in [3.8, 4) is 5.75 Å². The highest BCUT2D eigenvalue weighted by Gasteiger charge is 2.11. The van der Waals surface area contributed by atoms with Crippen molar-refractivity contribution >= 4 is 23.2 Å². The van der Waals surface area contributed by atoms with E-state index in [1.807, 2.05) is 13.8 Å². The van der Waals surface area contributed by atoms with Crippen molar-refractivity contribution in [1.82, 2.24) is 0 Å². The molecule has 88 valence electrons. The Morgan fingerprint density at radius 2 is 2.25 bits per heavy atom. The highest BCUT2D eigenvalue weighted by Crippen LogP contribution is 2.27. The third kappa shape index (κ3) is 3.14. The van der Waals surface area contributed by atoms with Crippen molar-refractivity contribution < 1.29 is 9.53 Å². The number of hydrogen-bond donors (Lipinski definition) is 1. The first-order valence-corrected chi connectivity index (χ1v) is 5.60. The molecule has 0 spiro atoms. The Balaban J connectivity index is 2.75.